The summed E-state index contributed by atoms with van der Waals surface area (Å²) in [6, 6.07) is 136. The lowest BCUT2D eigenvalue weighted by Gasteiger charge is -2.16. The first-order chi connectivity index (χ1) is 53.1. The normalized spacial score (nSPS) is 11.7. The molecule has 107 heavy (non-hydrogen) atoms. The number of nitrogens with zero attached hydrogens (tertiary/aromatic N) is 7. The highest BCUT2D eigenvalue weighted by atomic mass is 15.1. The highest BCUT2D eigenvalue weighted by Gasteiger charge is 2.25. The van der Waals surface area contributed by atoms with Crippen LogP contribution in [0.2, 0.25) is 0 Å². The zero-order valence-electron chi connectivity index (χ0n) is 58.0. The van der Waals surface area contributed by atoms with E-state index >= 15 is 0 Å². The van der Waals surface area contributed by atoms with Gasteiger partial charge in [-0.1, -0.05) is 309 Å². The number of hydrogen-bond donors (Lipinski definition) is 0. The Labute approximate surface area is 616 Å². The molecule has 0 bridgehead atoms. The van der Waals surface area contributed by atoms with Crippen LogP contribution in [0.3, 0.4) is 0 Å². The molecule has 0 amide bonds. The number of hydrogen-bond acceptors (Lipinski definition) is 4. The van der Waals surface area contributed by atoms with Crippen molar-refractivity contribution < 1.29 is 0 Å². The minimum atomic E-state index is 0.644. The molecular weight excluding hydrogens is 1300 g/mol. The van der Waals surface area contributed by atoms with Gasteiger partial charge < -0.3 is 9.13 Å². The van der Waals surface area contributed by atoms with Crippen molar-refractivity contribution in [3.63, 3.8) is 0 Å². The lowest BCUT2D eigenvalue weighted by atomic mass is 9.88. The van der Waals surface area contributed by atoms with Crippen LogP contribution >= 0.6 is 0 Å². The Morgan fingerprint density at radius 3 is 0.897 bits per heavy atom. The number of para-hydroxylation sites is 7. The lowest BCUT2D eigenvalue weighted by Crippen LogP contribution is -2.00. The van der Waals surface area contributed by atoms with Crippen LogP contribution in [0.1, 0.15) is 0 Å². The van der Waals surface area contributed by atoms with Gasteiger partial charge in [0.05, 0.1) is 33.1 Å². The minimum absolute atomic E-state index is 0.644. The van der Waals surface area contributed by atoms with Crippen molar-refractivity contribution in [2.45, 2.75) is 0 Å². The van der Waals surface area contributed by atoms with Gasteiger partial charge in [-0.2, -0.15) is 0 Å². The highest BCUT2D eigenvalue weighted by molar-refractivity contribution is 6.39. The van der Waals surface area contributed by atoms with Crippen molar-refractivity contribution in [2.24, 2.45) is 0 Å². The molecule has 0 aliphatic rings. The molecule has 4 heterocycles. The number of fused-ring (bicyclic) bond motifs is 21. The summed E-state index contributed by atoms with van der Waals surface area (Å²) in [7, 11) is 0. The van der Waals surface area contributed by atoms with Gasteiger partial charge in [-0.05, 0) is 138 Å². The fourth-order valence-electron chi connectivity index (χ4n) is 16.8. The Balaban J connectivity index is 0.000000137. The van der Waals surface area contributed by atoms with E-state index in [-0.39, 0.29) is 0 Å². The van der Waals surface area contributed by atoms with Gasteiger partial charge in [0.2, 0.25) is 0 Å². The second kappa shape index (κ2) is 25.2. The first-order valence-electron chi connectivity index (χ1n) is 36.4. The quantitative estimate of drug-likeness (QED) is 0.135. The minimum Gasteiger partial charge on any atom is -0.309 e. The molecule has 22 rings (SSSR count). The summed E-state index contributed by atoms with van der Waals surface area (Å²) in [5, 5.41) is 20.1. The van der Waals surface area contributed by atoms with Gasteiger partial charge in [0.15, 0.2) is 17.5 Å². The number of benzene rings is 18. The zero-order chi connectivity index (χ0) is 70.5. The molecule has 0 saturated carbocycles. The monoisotopic (exact) mass is 1360 g/mol. The van der Waals surface area contributed by atoms with Crippen LogP contribution in [0.5, 0.6) is 0 Å². The number of rotatable bonds is 9. The van der Waals surface area contributed by atoms with Crippen LogP contribution in [-0.2, 0) is 0 Å². The first-order valence-corrected chi connectivity index (χ1v) is 36.4. The SMILES string of the molecule is c1ccc(-c2nc(-c3ccccc3)nc(-c3ccc(-c4cc5c6ccccc6c6c(c7ccccc7n6-c6ccccc6)c5c5ccccc45)cc3)n2)cc1.c1ccc(-n2c(-c3ccc(-c4cc5c6ccccc6c6c(c7ccccc7n6-c6ccccc6)c5c5ccccc45)cc3)nc3ccccc32)cc1. The Morgan fingerprint density at radius 2 is 0.477 bits per heavy atom. The molecule has 7 nitrogen and oxygen atoms in total. The van der Waals surface area contributed by atoms with Crippen LogP contribution in [0.4, 0.5) is 0 Å². The molecule has 0 spiro atoms. The zero-order valence-corrected chi connectivity index (χ0v) is 58.0. The number of imidazole rings is 1. The third-order valence-electron chi connectivity index (χ3n) is 21.5. The molecule has 0 fully saturated rings. The smallest absolute Gasteiger partial charge is 0.164 e. The summed E-state index contributed by atoms with van der Waals surface area (Å²) >= 11 is 0. The van der Waals surface area contributed by atoms with Gasteiger partial charge in [-0.3, -0.25) is 4.57 Å². The van der Waals surface area contributed by atoms with Crippen molar-refractivity contribution in [3.05, 3.63) is 382 Å². The maximum Gasteiger partial charge on any atom is 0.164 e. The van der Waals surface area contributed by atoms with E-state index in [1.165, 1.54) is 131 Å². The van der Waals surface area contributed by atoms with Crippen molar-refractivity contribution >= 4 is 119 Å². The second-order valence-electron chi connectivity index (χ2n) is 27.5. The van der Waals surface area contributed by atoms with Crippen molar-refractivity contribution in [1.29, 1.82) is 0 Å². The van der Waals surface area contributed by atoms with E-state index in [4.69, 9.17) is 19.9 Å². The summed E-state index contributed by atoms with van der Waals surface area (Å²) in [6.07, 6.45) is 0. The Morgan fingerprint density at radius 1 is 0.178 bits per heavy atom. The van der Waals surface area contributed by atoms with E-state index in [1.54, 1.807) is 0 Å². The van der Waals surface area contributed by atoms with Gasteiger partial charge >= 0.3 is 0 Å². The van der Waals surface area contributed by atoms with Crippen LogP contribution in [0, 0.1) is 0 Å². The van der Waals surface area contributed by atoms with E-state index in [9.17, 15) is 0 Å². The topological polar surface area (TPSA) is 66.3 Å². The van der Waals surface area contributed by atoms with Crippen LogP contribution in [-0.4, -0.2) is 33.6 Å². The summed E-state index contributed by atoms with van der Waals surface area (Å²) in [6.45, 7) is 0. The molecule has 0 saturated heterocycles. The van der Waals surface area contributed by atoms with Gasteiger partial charge in [-0.15, -0.1) is 0 Å². The lowest BCUT2D eigenvalue weighted by molar-refractivity contribution is 1.07. The molecular formula is C100H63N7. The summed E-state index contributed by atoms with van der Waals surface area (Å²) in [5.41, 5.74) is 19.1. The fourth-order valence-corrected chi connectivity index (χ4v) is 16.8. The van der Waals surface area contributed by atoms with Gasteiger partial charge in [0.25, 0.3) is 0 Å². The Kier molecular flexibility index (Phi) is 14.5. The van der Waals surface area contributed by atoms with E-state index in [0.717, 1.165) is 56.0 Å². The third kappa shape index (κ3) is 10.0. The maximum absolute atomic E-state index is 5.13. The molecule has 0 aliphatic carbocycles. The molecule has 0 aliphatic heterocycles. The van der Waals surface area contributed by atoms with Gasteiger partial charge in [-0.25, -0.2) is 19.9 Å². The van der Waals surface area contributed by atoms with Gasteiger partial charge in [0.1, 0.15) is 5.82 Å². The Hall–Kier alpha value is -14.4. The molecule has 4 aromatic heterocycles. The van der Waals surface area contributed by atoms with Crippen LogP contribution in [0.15, 0.2) is 382 Å². The average molecular weight is 1360 g/mol. The first kappa shape index (κ1) is 61.3. The van der Waals surface area contributed by atoms with Crippen molar-refractivity contribution in [1.82, 2.24) is 33.6 Å². The Bertz CT molecular complexity index is 7190. The predicted octanol–water partition coefficient (Wildman–Crippen LogP) is 26.0. The average Bonchev–Trinajstić information content (AvgIpc) is 1.59. The largest absolute Gasteiger partial charge is 0.309 e. The summed E-state index contributed by atoms with van der Waals surface area (Å²) in [5.74, 6) is 2.89. The molecule has 7 heteroatoms. The van der Waals surface area contributed by atoms with Crippen molar-refractivity contribution in [3.8, 4) is 84.9 Å². The summed E-state index contributed by atoms with van der Waals surface area (Å²) < 4.78 is 7.16. The molecule has 498 valence electrons. The summed E-state index contributed by atoms with van der Waals surface area (Å²) in [4.78, 5) is 20.0. The molecule has 0 radical (unpaired) electrons. The van der Waals surface area contributed by atoms with Gasteiger partial charge in [0, 0.05) is 82.4 Å². The predicted molar refractivity (Wildman–Crippen MR) is 447 cm³/mol. The number of aromatic nitrogens is 7. The van der Waals surface area contributed by atoms with E-state index in [1.807, 2.05) is 60.7 Å². The second-order valence-corrected chi connectivity index (χ2v) is 27.5. The highest BCUT2D eigenvalue weighted by Crippen LogP contribution is 2.50. The molecule has 0 atom stereocenters. The fraction of sp³-hybridized carbons (Fsp3) is 0. The van der Waals surface area contributed by atoms with Crippen LogP contribution in [0.25, 0.3) is 204 Å². The van der Waals surface area contributed by atoms with E-state index in [2.05, 4.69) is 335 Å². The molecule has 0 unspecified atom stereocenters. The van der Waals surface area contributed by atoms with Crippen LogP contribution < -0.4 is 0 Å². The third-order valence-corrected chi connectivity index (χ3v) is 21.5. The molecule has 0 N–H and O–H groups in total. The van der Waals surface area contributed by atoms with Crippen molar-refractivity contribution in [2.75, 3.05) is 0 Å². The van der Waals surface area contributed by atoms with E-state index in [0.29, 0.717) is 17.5 Å². The molecule has 22 aromatic rings. The maximum atomic E-state index is 5.13. The molecule has 18 aromatic carbocycles. The standard InChI is InChI=1S/C51H32N4.C49H31N3/c1-4-16-34(17-5-1)49-52-50(35-18-6-2-7-19-35)54-51(53-49)36-30-28-33(29-31-36)43-32-44-39-23-11-13-25-41(39)48-47(46(44)40-24-12-10-22-38(40)43)42-26-14-15-27-45(42)55(48)37-20-8-3-9-21-37;1-3-15-34(16-4-1)51-44-25-13-11-23-40(44)47-46-38-21-9-7-19-36(38)41(31-42(46)37-20-8-10-22-39(37)48(47)51)32-27-29-33(30-28-32)49-50-43-24-12-14-26-45(43)52(49)35-17-5-2-6-18-35/h1-32H;1-31H. The van der Waals surface area contributed by atoms with E-state index < -0.39 is 0 Å².